The lowest BCUT2D eigenvalue weighted by molar-refractivity contribution is -0.0190. The Bertz CT molecular complexity index is 248. The predicted octanol–water partition coefficient (Wildman–Crippen LogP) is 1.92. The molecule has 1 saturated heterocycles. The van der Waals surface area contributed by atoms with E-state index in [9.17, 15) is 0 Å². The standard InChI is InChI=1S/C15H31N3/c1-3-8-17-9-11-18(12-10-17)15(13-16)7-5-4-6-14(15)2/h14H,3-13,16H2,1-2H3. The van der Waals surface area contributed by atoms with Gasteiger partial charge in [-0.05, 0) is 31.7 Å². The van der Waals surface area contributed by atoms with E-state index in [1.54, 1.807) is 0 Å². The van der Waals surface area contributed by atoms with Gasteiger partial charge in [0.2, 0.25) is 0 Å². The van der Waals surface area contributed by atoms with Crippen LogP contribution in [0.15, 0.2) is 0 Å². The van der Waals surface area contributed by atoms with Crippen LogP contribution in [0.25, 0.3) is 0 Å². The lowest BCUT2D eigenvalue weighted by atomic mass is 9.72. The Morgan fingerprint density at radius 2 is 1.89 bits per heavy atom. The molecular weight excluding hydrogens is 222 g/mol. The van der Waals surface area contributed by atoms with E-state index in [0.717, 1.165) is 12.5 Å². The molecule has 0 bridgehead atoms. The van der Waals surface area contributed by atoms with Crippen molar-refractivity contribution < 1.29 is 0 Å². The largest absolute Gasteiger partial charge is 0.329 e. The van der Waals surface area contributed by atoms with Crippen molar-refractivity contribution in [2.45, 2.75) is 51.5 Å². The molecule has 0 aromatic carbocycles. The first-order valence-corrected chi connectivity index (χ1v) is 7.90. The first-order valence-electron chi connectivity index (χ1n) is 7.90. The Morgan fingerprint density at radius 1 is 1.17 bits per heavy atom. The quantitative estimate of drug-likeness (QED) is 0.831. The maximum Gasteiger partial charge on any atom is 0.0358 e. The Labute approximate surface area is 113 Å². The van der Waals surface area contributed by atoms with Gasteiger partial charge < -0.3 is 10.6 Å². The average molecular weight is 253 g/mol. The summed E-state index contributed by atoms with van der Waals surface area (Å²) in [4.78, 5) is 5.33. The summed E-state index contributed by atoms with van der Waals surface area (Å²) in [6, 6.07) is 0. The van der Waals surface area contributed by atoms with Crippen molar-refractivity contribution in [1.29, 1.82) is 0 Å². The van der Waals surface area contributed by atoms with E-state index < -0.39 is 0 Å². The van der Waals surface area contributed by atoms with Crippen molar-refractivity contribution in [3.63, 3.8) is 0 Å². The first kappa shape index (κ1) is 14.3. The molecule has 3 nitrogen and oxygen atoms in total. The van der Waals surface area contributed by atoms with Crippen molar-refractivity contribution in [3.05, 3.63) is 0 Å². The van der Waals surface area contributed by atoms with Crippen molar-refractivity contribution in [2.24, 2.45) is 11.7 Å². The van der Waals surface area contributed by atoms with Crippen LogP contribution in [0.3, 0.4) is 0 Å². The van der Waals surface area contributed by atoms with Gasteiger partial charge in [-0.15, -0.1) is 0 Å². The Morgan fingerprint density at radius 3 is 2.44 bits per heavy atom. The minimum Gasteiger partial charge on any atom is -0.329 e. The topological polar surface area (TPSA) is 32.5 Å². The molecule has 2 atom stereocenters. The molecule has 106 valence electrons. The molecule has 1 heterocycles. The fourth-order valence-corrected chi connectivity index (χ4v) is 4.03. The van der Waals surface area contributed by atoms with E-state index in [4.69, 9.17) is 5.73 Å². The lowest BCUT2D eigenvalue weighted by Crippen LogP contribution is -2.63. The molecule has 0 aromatic rings. The van der Waals surface area contributed by atoms with Crippen LogP contribution < -0.4 is 5.73 Å². The second kappa shape index (κ2) is 6.36. The third kappa shape index (κ3) is 2.73. The SMILES string of the molecule is CCCN1CCN(C2(CN)CCCCC2C)CC1. The van der Waals surface area contributed by atoms with Gasteiger partial charge in [0.05, 0.1) is 0 Å². The number of nitrogens with zero attached hydrogens (tertiary/aromatic N) is 2. The van der Waals surface area contributed by atoms with Gasteiger partial charge in [-0.25, -0.2) is 0 Å². The number of rotatable bonds is 4. The molecule has 1 saturated carbocycles. The van der Waals surface area contributed by atoms with Gasteiger partial charge in [-0.3, -0.25) is 4.90 Å². The third-order valence-electron chi connectivity index (χ3n) is 5.31. The van der Waals surface area contributed by atoms with Crippen LogP contribution in [0.4, 0.5) is 0 Å². The second-order valence-corrected chi connectivity index (χ2v) is 6.28. The summed E-state index contributed by atoms with van der Waals surface area (Å²) in [6.45, 7) is 11.7. The summed E-state index contributed by atoms with van der Waals surface area (Å²) < 4.78 is 0. The molecule has 2 rings (SSSR count). The molecule has 3 heteroatoms. The number of hydrogen-bond donors (Lipinski definition) is 1. The maximum atomic E-state index is 6.20. The molecule has 0 aromatic heterocycles. The zero-order chi connectivity index (χ0) is 13.0. The molecule has 2 unspecified atom stereocenters. The van der Waals surface area contributed by atoms with Crippen LogP contribution in [0, 0.1) is 5.92 Å². The molecule has 2 aliphatic rings. The zero-order valence-electron chi connectivity index (χ0n) is 12.3. The van der Waals surface area contributed by atoms with Crippen LogP contribution in [0.5, 0.6) is 0 Å². The summed E-state index contributed by atoms with van der Waals surface area (Å²) in [6.07, 6.45) is 6.73. The summed E-state index contributed by atoms with van der Waals surface area (Å²) >= 11 is 0. The van der Waals surface area contributed by atoms with Gasteiger partial charge in [0.15, 0.2) is 0 Å². The van der Waals surface area contributed by atoms with Crippen LogP contribution in [-0.4, -0.2) is 54.6 Å². The summed E-state index contributed by atoms with van der Waals surface area (Å²) in [5, 5.41) is 0. The van der Waals surface area contributed by atoms with E-state index in [2.05, 4.69) is 23.6 Å². The lowest BCUT2D eigenvalue weighted by Gasteiger charge is -2.52. The second-order valence-electron chi connectivity index (χ2n) is 6.28. The number of piperazine rings is 1. The summed E-state index contributed by atoms with van der Waals surface area (Å²) in [7, 11) is 0. The molecule has 0 amide bonds. The van der Waals surface area contributed by atoms with Crippen molar-refractivity contribution in [3.8, 4) is 0 Å². The molecule has 2 fully saturated rings. The van der Waals surface area contributed by atoms with Crippen LogP contribution in [0.1, 0.15) is 46.0 Å². The van der Waals surface area contributed by atoms with E-state index in [1.807, 2.05) is 0 Å². The Hall–Kier alpha value is -0.120. The maximum absolute atomic E-state index is 6.20. The fourth-order valence-electron chi connectivity index (χ4n) is 4.03. The van der Waals surface area contributed by atoms with E-state index in [0.29, 0.717) is 5.54 Å². The highest BCUT2D eigenvalue weighted by Gasteiger charge is 2.42. The monoisotopic (exact) mass is 253 g/mol. The van der Waals surface area contributed by atoms with Crippen LogP contribution in [0.2, 0.25) is 0 Å². The highest BCUT2D eigenvalue weighted by atomic mass is 15.3. The third-order valence-corrected chi connectivity index (χ3v) is 5.31. The first-order chi connectivity index (χ1) is 8.73. The highest BCUT2D eigenvalue weighted by molar-refractivity contribution is 4.99. The normalized spacial score (nSPS) is 35.8. The molecule has 2 N–H and O–H groups in total. The predicted molar refractivity (Wildman–Crippen MR) is 77.7 cm³/mol. The van der Waals surface area contributed by atoms with Gasteiger partial charge in [-0.2, -0.15) is 0 Å². The van der Waals surface area contributed by atoms with E-state index >= 15 is 0 Å². The molecule has 0 spiro atoms. The van der Waals surface area contributed by atoms with Gasteiger partial charge in [-0.1, -0.05) is 26.7 Å². The van der Waals surface area contributed by atoms with Gasteiger partial charge in [0.1, 0.15) is 0 Å². The fraction of sp³-hybridized carbons (Fsp3) is 1.00. The number of nitrogens with two attached hydrogens (primary N) is 1. The van der Waals surface area contributed by atoms with Crippen molar-refractivity contribution in [1.82, 2.24) is 9.80 Å². The minimum absolute atomic E-state index is 0.316. The molecular formula is C15H31N3. The van der Waals surface area contributed by atoms with Crippen molar-refractivity contribution in [2.75, 3.05) is 39.3 Å². The van der Waals surface area contributed by atoms with E-state index in [-0.39, 0.29) is 0 Å². The molecule has 18 heavy (non-hydrogen) atoms. The van der Waals surface area contributed by atoms with E-state index in [1.165, 1.54) is 64.8 Å². The van der Waals surface area contributed by atoms with Crippen LogP contribution in [-0.2, 0) is 0 Å². The Balaban J connectivity index is 1.97. The zero-order valence-corrected chi connectivity index (χ0v) is 12.3. The highest BCUT2D eigenvalue weighted by Crippen LogP contribution is 2.38. The minimum atomic E-state index is 0.316. The Kier molecular flexibility index (Phi) is 5.05. The summed E-state index contributed by atoms with van der Waals surface area (Å²) in [5.41, 5.74) is 6.51. The van der Waals surface area contributed by atoms with Gasteiger partial charge in [0, 0.05) is 38.3 Å². The number of hydrogen-bond acceptors (Lipinski definition) is 3. The molecule has 1 aliphatic carbocycles. The molecule has 0 radical (unpaired) electrons. The van der Waals surface area contributed by atoms with Gasteiger partial charge >= 0.3 is 0 Å². The average Bonchev–Trinajstić information content (AvgIpc) is 2.41. The van der Waals surface area contributed by atoms with Gasteiger partial charge in [0.25, 0.3) is 0 Å². The summed E-state index contributed by atoms with van der Waals surface area (Å²) in [5.74, 6) is 0.772. The molecule has 1 aliphatic heterocycles. The van der Waals surface area contributed by atoms with Crippen molar-refractivity contribution >= 4 is 0 Å². The smallest absolute Gasteiger partial charge is 0.0358 e. The van der Waals surface area contributed by atoms with Crippen LogP contribution >= 0.6 is 0 Å².